The smallest absolute Gasteiger partial charge is 0.227 e. The van der Waals surface area contributed by atoms with E-state index in [4.69, 9.17) is 4.98 Å². The Balaban J connectivity index is 1.67. The molecule has 32 heavy (non-hydrogen) atoms. The van der Waals surface area contributed by atoms with Gasteiger partial charge in [-0.05, 0) is 48.4 Å². The van der Waals surface area contributed by atoms with Crippen molar-refractivity contribution in [1.82, 2.24) is 14.5 Å². The van der Waals surface area contributed by atoms with Gasteiger partial charge in [0.2, 0.25) is 5.91 Å². The van der Waals surface area contributed by atoms with Crippen molar-refractivity contribution in [3.8, 4) is 5.69 Å². The number of imidazole rings is 1. The summed E-state index contributed by atoms with van der Waals surface area (Å²) >= 11 is 0. The van der Waals surface area contributed by atoms with E-state index in [2.05, 4.69) is 11.5 Å². The molecule has 0 saturated heterocycles. The van der Waals surface area contributed by atoms with Gasteiger partial charge in [0.1, 0.15) is 17.5 Å². The molecular weight excluding hydrogens is 408 g/mol. The lowest BCUT2D eigenvalue weighted by molar-refractivity contribution is -0.131. The van der Waals surface area contributed by atoms with Crippen molar-refractivity contribution < 1.29 is 13.6 Å². The molecule has 4 aromatic rings. The highest BCUT2D eigenvalue weighted by atomic mass is 19.1. The Kier molecular flexibility index (Phi) is 6.59. The summed E-state index contributed by atoms with van der Waals surface area (Å²) in [7, 11) is 0. The first kappa shape index (κ1) is 21.7. The van der Waals surface area contributed by atoms with Gasteiger partial charge in [-0.3, -0.25) is 9.36 Å². The molecule has 0 aliphatic carbocycles. The van der Waals surface area contributed by atoms with E-state index in [1.807, 2.05) is 54.6 Å². The second kappa shape index (κ2) is 9.73. The van der Waals surface area contributed by atoms with Crippen molar-refractivity contribution in [3.05, 3.63) is 95.8 Å². The molecule has 3 aromatic carbocycles. The van der Waals surface area contributed by atoms with Crippen LogP contribution in [0, 0.1) is 11.6 Å². The van der Waals surface area contributed by atoms with Gasteiger partial charge in [0.25, 0.3) is 0 Å². The first-order valence-corrected chi connectivity index (χ1v) is 10.8. The number of carbonyl (C=O) groups excluding carboxylic acids is 1. The van der Waals surface area contributed by atoms with E-state index in [1.165, 1.54) is 12.1 Å². The minimum absolute atomic E-state index is 0.0655. The molecule has 0 fully saturated rings. The Bertz CT molecular complexity index is 1200. The Labute approximate surface area is 186 Å². The van der Waals surface area contributed by atoms with E-state index in [0.717, 1.165) is 41.5 Å². The summed E-state index contributed by atoms with van der Waals surface area (Å²) < 4.78 is 29.3. The predicted molar refractivity (Wildman–Crippen MR) is 121 cm³/mol. The molecule has 0 unspecified atom stereocenters. The number of hydrogen-bond donors (Lipinski definition) is 0. The van der Waals surface area contributed by atoms with E-state index >= 15 is 0 Å². The molecule has 164 valence electrons. The lowest BCUT2D eigenvalue weighted by Crippen LogP contribution is -2.33. The molecule has 1 aromatic heterocycles. The third-order valence-electron chi connectivity index (χ3n) is 5.39. The van der Waals surface area contributed by atoms with Gasteiger partial charge in [-0.1, -0.05) is 43.7 Å². The van der Waals surface area contributed by atoms with Crippen LogP contribution in [0.3, 0.4) is 0 Å². The second-order valence-electron chi connectivity index (χ2n) is 7.81. The van der Waals surface area contributed by atoms with Crippen LogP contribution >= 0.6 is 0 Å². The highest BCUT2D eigenvalue weighted by Crippen LogP contribution is 2.23. The molecule has 0 N–H and O–H groups in total. The van der Waals surface area contributed by atoms with Crippen LogP contribution in [0.25, 0.3) is 16.7 Å². The summed E-state index contributed by atoms with van der Waals surface area (Å²) in [6.45, 7) is 2.91. The fourth-order valence-electron chi connectivity index (χ4n) is 3.86. The maximum Gasteiger partial charge on any atom is 0.227 e. The third kappa shape index (κ3) is 4.85. The number of para-hydroxylation sites is 3. The van der Waals surface area contributed by atoms with Crippen molar-refractivity contribution in [2.24, 2.45) is 0 Å². The third-order valence-corrected chi connectivity index (χ3v) is 5.39. The molecule has 1 amide bonds. The van der Waals surface area contributed by atoms with Crippen LogP contribution < -0.4 is 0 Å². The largest absolute Gasteiger partial charge is 0.335 e. The number of halogens is 2. The van der Waals surface area contributed by atoms with E-state index in [-0.39, 0.29) is 12.3 Å². The van der Waals surface area contributed by atoms with E-state index < -0.39 is 11.6 Å². The van der Waals surface area contributed by atoms with E-state index in [9.17, 15) is 13.6 Å². The molecule has 0 saturated carbocycles. The lowest BCUT2D eigenvalue weighted by atomic mass is 10.1. The quantitative estimate of drug-likeness (QED) is 0.359. The average molecular weight is 434 g/mol. The normalized spacial score (nSPS) is 11.1. The van der Waals surface area contributed by atoms with Gasteiger partial charge in [-0.25, -0.2) is 13.8 Å². The summed E-state index contributed by atoms with van der Waals surface area (Å²) in [4.78, 5) is 19.7. The number of carbonyl (C=O) groups is 1. The summed E-state index contributed by atoms with van der Waals surface area (Å²) in [6, 6.07) is 21.0. The minimum atomic E-state index is -0.682. The van der Waals surface area contributed by atoms with Gasteiger partial charge in [0.05, 0.1) is 24.0 Å². The number of unbranched alkanes of at least 4 members (excludes halogenated alkanes) is 1. The highest BCUT2D eigenvalue weighted by molar-refractivity contribution is 5.80. The first-order chi connectivity index (χ1) is 15.5. The Hall–Kier alpha value is -3.54. The van der Waals surface area contributed by atoms with E-state index in [1.54, 1.807) is 4.90 Å². The zero-order valence-electron chi connectivity index (χ0n) is 18.0. The lowest BCUT2D eigenvalue weighted by Gasteiger charge is -2.23. The van der Waals surface area contributed by atoms with Gasteiger partial charge >= 0.3 is 0 Å². The van der Waals surface area contributed by atoms with Gasteiger partial charge < -0.3 is 4.90 Å². The zero-order chi connectivity index (χ0) is 22.5. The fourth-order valence-corrected chi connectivity index (χ4v) is 3.86. The fraction of sp³-hybridized carbons (Fsp3) is 0.231. The Morgan fingerprint density at radius 3 is 2.38 bits per heavy atom. The van der Waals surface area contributed by atoms with Crippen molar-refractivity contribution in [1.29, 1.82) is 0 Å². The number of fused-ring (bicyclic) bond motifs is 1. The molecule has 0 atom stereocenters. The highest BCUT2D eigenvalue weighted by Gasteiger charge is 2.20. The SMILES string of the molecule is CCCCN(Cc1nc2ccccc2n1-c1ccccc1)C(=O)Cc1cc(F)cc(F)c1. The molecule has 0 spiro atoms. The van der Waals surface area contributed by atoms with E-state index in [0.29, 0.717) is 18.7 Å². The van der Waals surface area contributed by atoms with Crippen LogP contribution in [-0.2, 0) is 17.8 Å². The van der Waals surface area contributed by atoms with Crippen LogP contribution in [0.5, 0.6) is 0 Å². The Morgan fingerprint density at radius 2 is 1.66 bits per heavy atom. The molecule has 6 heteroatoms. The summed E-state index contributed by atoms with van der Waals surface area (Å²) in [5.41, 5.74) is 3.10. The van der Waals surface area contributed by atoms with Gasteiger partial charge in [0.15, 0.2) is 0 Å². The van der Waals surface area contributed by atoms with Crippen LogP contribution in [-0.4, -0.2) is 26.9 Å². The monoisotopic (exact) mass is 433 g/mol. The van der Waals surface area contributed by atoms with Crippen molar-refractivity contribution >= 4 is 16.9 Å². The summed E-state index contributed by atoms with van der Waals surface area (Å²) in [5, 5.41) is 0. The molecule has 4 rings (SSSR count). The van der Waals surface area contributed by atoms with Crippen LogP contribution in [0.15, 0.2) is 72.8 Å². The molecule has 0 bridgehead atoms. The summed E-state index contributed by atoms with van der Waals surface area (Å²) in [5.74, 6) is -0.806. The van der Waals surface area contributed by atoms with Gasteiger partial charge in [-0.15, -0.1) is 0 Å². The second-order valence-corrected chi connectivity index (χ2v) is 7.81. The van der Waals surface area contributed by atoms with Crippen LogP contribution in [0.1, 0.15) is 31.2 Å². The zero-order valence-corrected chi connectivity index (χ0v) is 18.0. The topological polar surface area (TPSA) is 38.1 Å². The number of benzene rings is 3. The number of nitrogens with zero attached hydrogens (tertiary/aromatic N) is 3. The standard InChI is InChI=1S/C26H25F2N3O/c1-2-3-13-30(26(32)16-19-14-20(27)17-21(28)15-19)18-25-29-23-11-7-8-12-24(23)31(25)22-9-5-4-6-10-22/h4-12,14-15,17H,2-3,13,16,18H2,1H3. The molecule has 0 aliphatic rings. The van der Waals surface area contributed by atoms with Gasteiger partial charge in [-0.2, -0.15) is 0 Å². The maximum absolute atomic E-state index is 13.6. The summed E-state index contributed by atoms with van der Waals surface area (Å²) in [6.07, 6.45) is 1.69. The number of hydrogen-bond acceptors (Lipinski definition) is 2. The van der Waals surface area contributed by atoms with Crippen molar-refractivity contribution in [3.63, 3.8) is 0 Å². The van der Waals surface area contributed by atoms with Crippen LogP contribution in [0.2, 0.25) is 0 Å². The van der Waals surface area contributed by atoms with Gasteiger partial charge in [0, 0.05) is 18.3 Å². The predicted octanol–water partition coefficient (Wildman–Crippen LogP) is 5.68. The molecule has 0 aliphatic heterocycles. The minimum Gasteiger partial charge on any atom is -0.335 e. The molecule has 0 radical (unpaired) electrons. The maximum atomic E-state index is 13.6. The van der Waals surface area contributed by atoms with Crippen molar-refractivity contribution in [2.75, 3.05) is 6.54 Å². The molecule has 4 nitrogen and oxygen atoms in total. The van der Waals surface area contributed by atoms with Crippen LogP contribution in [0.4, 0.5) is 8.78 Å². The average Bonchev–Trinajstić information content (AvgIpc) is 3.14. The van der Waals surface area contributed by atoms with Crippen molar-refractivity contribution in [2.45, 2.75) is 32.7 Å². The Morgan fingerprint density at radius 1 is 0.969 bits per heavy atom. The number of amides is 1. The molecular formula is C26H25F2N3O. The molecule has 1 heterocycles. The number of aromatic nitrogens is 2. The number of rotatable bonds is 8. The first-order valence-electron chi connectivity index (χ1n) is 10.8.